The molecule has 2 N–H and O–H groups in total. The summed E-state index contributed by atoms with van der Waals surface area (Å²) in [5.41, 5.74) is 5.39. The second-order valence-corrected chi connectivity index (χ2v) is 6.53. The molecule has 1 aromatic heterocycles. The number of pyridine rings is 1. The number of nitrogens with zero attached hydrogens (tertiary/aromatic N) is 4. The van der Waals surface area contributed by atoms with Crippen LogP contribution in [0.1, 0.15) is 12.8 Å². The highest BCUT2D eigenvalue weighted by Gasteiger charge is 2.28. The van der Waals surface area contributed by atoms with Gasteiger partial charge in [-0.15, -0.1) is 0 Å². The molecule has 0 aromatic carbocycles. The van der Waals surface area contributed by atoms with Crippen molar-refractivity contribution in [2.24, 2.45) is 11.7 Å². The Morgan fingerprint density at radius 1 is 1.17 bits per heavy atom. The van der Waals surface area contributed by atoms with Crippen LogP contribution in [0.2, 0.25) is 0 Å². The maximum Gasteiger partial charge on any atom is 0.236 e. The summed E-state index contributed by atoms with van der Waals surface area (Å²) < 4.78 is 0. The van der Waals surface area contributed by atoms with Crippen LogP contribution in [0.4, 0.5) is 5.82 Å². The summed E-state index contributed by atoms with van der Waals surface area (Å²) >= 11 is 0. The van der Waals surface area contributed by atoms with Gasteiger partial charge >= 0.3 is 0 Å². The van der Waals surface area contributed by atoms with Gasteiger partial charge in [0.2, 0.25) is 11.8 Å². The van der Waals surface area contributed by atoms with Crippen LogP contribution in [0.3, 0.4) is 0 Å². The summed E-state index contributed by atoms with van der Waals surface area (Å²) in [6, 6.07) is 5.92. The third kappa shape index (κ3) is 4.03. The molecule has 1 atom stereocenters. The summed E-state index contributed by atoms with van der Waals surface area (Å²) in [6.07, 6.45) is 3.45. The Morgan fingerprint density at radius 2 is 1.96 bits per heavy atom. The number of carbonyl (C=O) groups is 2. The van der Waals surface area contributed by atoms with Gasteiger partial charge in [-0.05, 0) is 25.0 Å². The molecule has 2 fully saturated rings. The van der Waals surface area contributed by atoms with Crippen molar-refractivity contribution >= 4 is 17.6 Å². The standard InChI is InChI=1S/C17H25N5O2/c18-17(24)14-4-3-7-22(12-14)16(23)13-20-8-10-21(11-9-20)15-5-1-2-6-19-15/h1-2,5-6,14H,3-4,7-13H2,(H2,18,24). The molecule has 2 aliphatic heterocycles. The minimum absolute atomic E-state index is 0.104. The van der Waals surface area contributed by atoms with Crippen molar-refractivity contribution in [1.82, 2.24) is 14.8 Å². The van der Waals surface area contributed by atoms with Crippen molar-refractivity contribution in [3.05, 3.63) is 24.4 Å². The first-order valence-electron chi connectivity index (χ1n) is 8.59. The van der Waals surface area contributed by atoms with Gasteiger partial charge < -0.3 is 15.5 Å². The number of hydrogen-bond acceptors (Lipinski definition) is 5. The normalized spacial score (nSPS) is 22.4. The van der Waals surface area contributed by atoms with Crippen LogP contribution in [0.5, 0.6) is 0 Å². The van der Waals surface area contributed by atoms with Crippen LogP contribution in [-0.4, -0.2) is 72.4 Å². The van der Waals surface area contributed by atoms with Crippen molar-refractivity contribution in [2.45, 2.75) is 12.8 Å². The van der Waals surface area contributed by atoms with E-state index in [1.54, 1.807) is 11.1 Å². The molecule has 2 aliphatic rings. The lowest BCUT2D eigenvalue weighted by Gasteiger charge is -2.37. The zero-order valence-electron chi connectivity index (χ0n) is 13.9. The monoisotopic (exact) mass is 331 g/mol. The van der Waals surface area contributed by atoms with Crippen molar-refractivity contribution in [3.63, 3.8) is 0 Å². The number of amides is 2. The Hall–Kier alpha value is -2.15. The Bertz CT molecular complexity index is 572. The number of likely N-dealkylation sites (tertiary alicyclic amines) is 1. The molecule has 0 bridgehead atoms. The van der Waals surface area contributed by atoms with Crippen LogP contribution < -0.4 is 10.6 Å². The molecule has 0 spiro atoms. The molecule has 0 radical (unpaired) electrons. The summed E-state index contributed by atoms with van der Waals surface area (Å²) in [6.45, 7) is 5.05. The first kappa shape index (κ1) is 16.7. The van der Waals surface area contributed by atoms with E-state index in [2.05, 4.69) is 14.8 Å². The second kappa shape index (κ2) is 7.61. The molecule has 2 amide bonds. The van der Waals surface area contributed by atoms with Crippen LogP contribution in [0.15, 0.2) is 24.4 Å². The Balaban J connectivity index is 1.47. The lowest BCUT2D eigenvalue weighted by atomic mass is 9.97. The fourth-order valence-electron chi connectivity index (χ4n) is 3.40. The van der Waals surface area contributed by atoms with Crippen molar-refractivity contribution < 1.29 is 9.59 Å². The quantitative estimate of drug-likeness (QED) is 0.835. The lowest BCUT2D eigenvalue weighted by Crippen LogP contribution is -2.52. The molecular weight excluding hydrogens is 306 g/mol. The number of piperazine rings is 1. The third-order valence-corrected chi connectivity index (χ3v) is 4.88. The average Bonchev–Trinajstić information content (AvgIpc) is 2.63. The highest BCUT2D eigenvalue weighted by Crippen LogP contribution is 2.17. The van der Waals surface area contributed by atoms with Gasteiger partial charge in [-0.3, -0.25) is 14.5 Å². The largest absolute Gasteiger partial charge is 0.369 e. The molecule has 24 heavy (non-hydrogen) atoms. The van der Waals surface area contributed by atoms with Crippen LogP contribution in [0.25, 0.3) is 0 Å². The van der Waals surface area contributed by atoms with Gasteiger partial charge in [-0.2, -0.15) is 0 Å². The van der Waals surface area contributed by atoms with E-state index in [-0.39, 0.29) is 17.7 Å². The third-order valence-electron chi connectivity index (χ3n) is 4.88. The van der Waals surface area contributed by atoms with Crippen LogP contribution >= 0.6 is 0 Å². The zero-order chi connectivity index (χ0) is 16.9. The van der Waals surface area contributed by atoms with Crippen molar-refractivity contribution in [3.8, 4) is 0 Å². The van der Waals surface area contributed by atoms with Gasteiger partial charge in [-0.1, -0.05) is 6.07 Å². The number of nitrogens with two attached hydrogens (primary N) is 1. The molecule has 0 aliphatic carbocycles. The number of aromatic nitrogens is 1. The topological polar surface area (TPSA) is 82.8 Å². The first-order chi connectivity index (χ1) is 11.6. The van der Waals surface area contributed by atoms with Gasteiger partial charge in [0.15, 0.2) is 0 Å². The maximum absolute atomic E-state index is 12.5. The summed E-state index contributed by atoms with van der Waals surface area (Å²) in [4.78, 5) is 34.4. The summed E-state index contributed by atoms with van der Waals surface area (Å²) in [5, 5.41) is 0. The van der Waals surface area contributed by atoms with Crippen LogP contribution in [0, 0.1) is 5.92 Å². The molecule has 130 valence electrons. The summed E-state index contributed by atoms with van der Waals surface area (Å²) in [7, 11) is 0. The molecule has 1 unspecified atom stereocenters. The number of piperidine rings is 1. The van der Waals surface area contributed by atoms with E-state index in [0.717, 1.165) is 51.4 Å². The van der Waals surface area contributed by atoms with Gasteiger partial charge in [0, 0.05) is 45.5 Å². The Labute approximate surface area is 142 Å². The molecule has 3 heterocycles. The number of rotatable bonds is 4. The Kier molecular flexibility index (Phi) is 5.30. The maximum atomic E-state index is 12.5. The van der Waals surface area contributed by atoms with E-state index in [4.69, 9.17) is 5.73 Å². The van der Waals surface area contributed by atoms with E-state index < -0.39 is 0 Å². The van der Waals surface area contributed by atoms with E-state index >= 15 is 0 Å². The first-order valence-corrected chi connectivity index (χ1v) is 8.59. The molecule has 0 saturated carbocycles. The predicted octanol–water partition coefficient (Wildman–Crippen LogP) is -0.0725. The van der Waals surface area contributed by atoms with Gasteiger partial charge in [-0.25, -0.2) is 4.98 Å². The van der Waals surface area contributed by atoms with Gasteiger partial charge in [0.05, 0.1) is 12.5 Å². The summed E-state index contributed by atoms with van der Waals surface area (Å²) in [5.74, 6) is 0.608. The average molecular weight is 331 g/mol. The fourth-order valence-corrected chi connectivity index (χ4v) is 3.40. The minimum Gasteiger partial charge on any atom is -0.369 e. The molecule has 7 heteroatoms. The highest BCUT2D eigenvalue weighted by molar-refractivity contribution is 5.81. The van der Waals surface area contributed by atoms with Crippen LogP contribution in [-0.2, 0) is 9.59 Å². The lowest BCUT2D eigenvalue weighted by molar-refractivity contribution is -0.136. The zero-order valence-corrected chi connectivity index (χ0v) is 13.9. The molecule has 2 saturated heterocycles. The SMILES string of the molecule is NC(=O)C1CCCN(C(=O)CN2CCN(c3ccccn3)CC2)C1. The van der Waals surface area contributed by atoms with Crippen molar-refractivity contribution in [1.29, 1.82) is 0 Å². The molecule has 3 rings (SSSR count). The fraction of sp³-hybridized carbons (Fsp3) is 0.588. The van der Waals surface area contributed by atoms with E-state index in [9.17, 15) is 9.59 Å². The Morgan fingerprint density at radius 3 is 2.62 bits per heavy atom. The number of carbonyl (C=O) groups excluding carboxylic acids is 2. The predicted molar refractivity (Wildman–Crippen MR) is 91.4 cm³/mol. The number of anilines is 1. The van der Waals surface area contributed by atoms with Gasteiger partial charge in [0.1, 0.15) is 5.82 Å². The van der Waals surface area contributed by atoms with Gasteiger partial charge in [0.25, 0.3) is 0 Å². The minimum atomic E-state index is -0.295. The number of primary amides is 1. The highest BCUT2D eigenvalue weighted by atomic mass is 16.2. The second-order valence-electron chi connectivity index (χ2n) is 6.53. The van der Waals surface area contributed by atoms with E-state index in [1.165, 1.54) is 0 Å². The molecule has 1 aromatic rings. The van der Waals surface area contributed by atoms with E-state index in [1.807, 2.05) is 18.2 Å². The molecule has 7 nitrogen and oxygen atoms in total. The number of hydrogen-bond donors (Lipinski definition) is 1. The smallest absolute Gasteiger partial charge is 0.236 e. The van der Waals surface area contributed by atoms with Crippen molar-refractivity contribution in [2.75, 3.05) is 50.7 Å². The van der Waals surface area contributed by atoms with E-state index in [0.29, 0.717) is 13.1 Å². The molecular formula is C17H25N5O2.